The summed E-state index contributed by atoms with van der Waals surface area (Å²) >= 11 is 0. The van der Waals surface area contributed by atoms with Gasteiger partial charge in [-0.1, -0.05) is 36.4 Å². The Kier molecular flexibility index (Phi) is 7.33. The van der Waals surface area contributed by atoms with Crippen LogP contribution >= 0.6 is 0 Å². The second-order valence-corrected chi connectivity index (χ2v) is 7.30. The molecule has 0 aromatic heterocycles. The van der Waals surface area contributed by atoms with E-state index in [4.69, 9.17) is 4.74 Å². The molecular formula is C25H24FN3O3. The lowest BCUT2D eigenvalue weighted by molar-refractivity contribution is -0.123. The molecule has 0 atom stereocenters. The molecule has 3 rings (SSSR count). The highest BCUT2D eigenvalue weighted by Gasteiger charge is 2.11. The highest BCUT2D eigenvalue weighted by atomic mass is 19.1. The first-order valence-electron chi connectivity index (χ1n) is 10.0. The number of carbonyl (C=O) groups is 2. The second-order valence-electron chi connectivity index (χ2n) is 7.30. The minimum absolute atomic E-state index is 0.0422. The third-order valence-corrected chi connectivity index (χ3v) is 4.71. The van der Waals surface area contributed by atoms with E-state index in [0.717, 1.165) is 11.1 Å². The Balaban J connectivity index is 1.60. The molecule has 0 aliphatic carbocycles. The van der Waals surface area contributed by atoms with Crippen LogP contribution < -0.4 is 15.5 Å². The van der Waals surface area contributed by atoms with E-state index in [1.165, 1.54) is 18.2 Å². The molecule has 164 valence electrons. The summed E-state index contributed by atoms with van der Waals surface area (Å²) in [5.41, 5.74) is 6.11. The van der Waals surface area contributed by atoms with Gasteiger partial charge in [0.1, 0.15) is 11.6 Å². The van der Waals surface area contributed by atoms with E-state index in [0.29, 0.717) is 22.7 Å². The van der Waals surface area contributed by atoms with Crippen LogP contribution in [-0.2, 0) is 4.79 Å². The zero-order chi connectivity index (χ0) is 23.1. The summed E-state index contributed by atoms with van der Waals surface area (Å²) in [6.45, 7) is 5.42. The fraction of sp³-hybridized carbons (Fsp3) is 0.160. The molecule has 0 fully saturated rings. The van der Waals surface area contributed by atoms with Gasteiger partial charge in [0, 0.05) is 5.69 Å². The highest BCUT2D eigenvalue weighted by Crippen LogP contribution is 2.19. The van der Waals surface area contributed by atoms with E-state index in [1.807, 2.05) is 32.0 Å². The molecule has 0 radical (unpaired) electrons. The number of hydrogen-bond donors (Lipinski definition) is 2. The van der Waals surface area contributed by atoms with Crippen molar-refractivity contribution in [1.29, 1.82) is 0 Å². The lowest BCUT2D eigenvalue weighted by Gasteiger charge is -2.10. The number of nitrogens with zero attached hydrogens (tertiary/aromatic N) is 1. The summed E-state index contributed by atoms with van der Waals surface area (Å²) in [5.74, 6) is -0.884. The minimum atomic E-state index is -0.593. The molecule has 0 aliphatic rings. The largest absolute Gasteiger partial charge is 0.483 e. The van der Waals surface area contributed by atoms with Crippen molar-refractivity contribution < 1.29 is 18.7 Å². The number of hydrazone groups is 1. The van der Waals surface area contributed by atoms with Crippen molar-refractivity contribution in [2.24, 2.45) is 5.10 Å². The van der Waals surface area contributed by atoms with Gasteiger partial charge in [-0.05, 0) is 67.8 Å². The quantitative estimate of drug-likeness (QED) is 0.422. The van der Waals surface area contributed by atoms with Gasteiger partial charge in [0.15, 0.2) is 6.61 Å². The van der Waals surface area contributed by atoms with Crippen LogP contribution in [0.5, 0.6) is 5.75 Å². The molecule has 6 nitrogen and oxygen atoms in total. The van der Waals surface area contributed by atoms with Gasteiger partial charge in [0.2, 0.25) is 0 Å². The Morgan fingerprint density at radius 3 is 2.56 bits per heavy atom. The van der Waals surface area contributed by atoms with E-state index in [2.05, 4.69) is 15.8 Å². The van der Waals surface area contributed by atoms with Crippen molar-refractivity contribution in [3.8, 4) is 5.75 Å². The molecular weight excluding hydrogens is 409 g/mol. The predicted octanol–water partition coefficient (Wildman–Crippen LogP) is 4.61. The predicted molar refractivity (Wildman–Crippen MR) is 123 cm³/mol. The van der Waals surface area contributed by atoms with Gasteiger partial charge < -0.3 is 10.1 Å². The maximum Gasteiger partial charge on any atom is 0.277 e. The molecule has 32 heavy (non-hydrogen) atoms. The molecule has 0 heterocycles. The topological polar surface area (TPSA) is 79.8 Å². The number of ether oxygens (including phenoxy) is 1. The summed E-state index contributed by atoms with van der Waals surface area (Å²) < 4.78 is 19.4. The molecule has 3 aromatic carbocycles. The van der Waals surface area contributed by atoms with Crippen molar-refractivity contribution >= 4 is 23.2 Å². The standard InChI is InChI=1S/C25H24FN3O3/c1-16-11-12-17(2)23(13-16)32-15-24(30)29-28-18(3)19-7-6-8-20(14-19)27-25(31)21-9-4-5-10-22(21)26/h4-14H,15H2,1-3H3,(H,27,31)(H,29,30)/b28-18+. The first-order chi connectivity index (χ1) is 15.3. The SMILES string of the molecule is C/C(=N\NC(=O)COc1cc(C)ccc1C)c1cccc(NC(=O)c2ccccc2F)c1. The Morgan fingerprint density at radius 2 is 1.78 bits per heavy atom. The zero-order valence-corrected chi connectivity index (χ0v) is 18.1. The average molecular weight is 433 g/mol. The molecule has 0 unspecified atom stereocenters. The van der Waals surface area contributed by atoms with Crippen LogP contribution in [0.4, 0.5) is 10.1 Å². The number of rotatable bonds is 7. The fourth-order valence-corrected chi connectivity index (χ4v) is 2.91. The zero-order valence-electron chi connectivity index (χ0n) is 18.1. The number of amides is 2. The number of halogens is 1. The van der Waals surface area contributed by atoms with E-state index in [-0.39, 0.29) is 12.2 Å². The molecule has 0 saturated carbocycles. The van der Waals surface area contributed by atoms with Gasteiger partial charge >= 0.3 is 0 Å². The number of aryl methyl sites for hydroxylation is 2. The van der Waals surface area contributed by atoms with Gasteiger partial charge in [0.05, 0.1) is 11.3 Å². The Morgan fingerprint density at radius 1 is 1.00 bits per heavy atom. The third-order valence-electron chi connectivity index (χ3n) is 4.71. The number of nitrogens with one attached hydrogen (secondary N) is 2. The molecule has 2 N–H and O–H groups in total. The summed E-state index contributed by atoms with van der Waals surface area (Å²) in [4.78, 5) is 24.4. The van der Waals surface area contributed by atoms with Crippen LogP contribution in [0.3, 0.4) is 0 Å². The Bertz CT molecular complexity index is 1170. The van der Waals surface area contributed by atoms with Crippen molar-refractivity contribution in [3.63, 3.8) is 0 Å². The molecule has 0 spiro atoms. The van der Waals surface area contributed by atoms with Crippen LogP contribution in [0.15, 0.2) is 71.8 Å². The first kappa shape index (κ1) is 22.7. The van der Waals surface area contributed by atoms with Crippen molar-refractivity contribution in [1.82, 2.24) is 5.43 Å². The normalized spacial score (nSPS) is 11.1. The molecule has 7 heteroatoms. The maximum absolute atomic E-state index is 13.8. The number of hydrogen-bond acceptors (Lipinski definition) is 4. The summed E-state index contributed by atoms with van der Waals surface area (Å²) in [5, 5.41) is 6.77. The summed E-state index contributed by atoms with van der Waals surface area (Å²) in [6.07, 6.45) is 0. The number of benzene rings is 3. The van der Waals surface area contributed by atoms with Crippen LogP contribution in [0.2, 0.25) is 0 Å². The highest BCUT2D eigenvalue weighted by molar-refractivity contribution is 6.05. The number of carbonyl (C=O) groups excluding carboxylic acids is 2. The molecule has 2 amide bonds. The lowest BCUT2D eigenvalue weighted by Crippen LogP contribution is -2.25. The van der Waals surface area contributed by atoms with Gasteiger partial charge in [-0.3, -0.25) is 9.59 Å². The van der Waals surface area contributed by atoms with Crippen molar-refractivity contribution in [2.75, 3.05) is 11.9 Å². The molecule has 0 aliphatic heterocycles. The van der Waals surface area contributed by atoms with Crippen LogP contribution in [0, 0.1) is 19.7 Å². The third kappa shape index (κ3) is 6.01. The van der Waals surface area contributed by atoms with E-state index < -0.39 is 17.6 Å². The van der Waals surface area contributed by atoms with Gasteiger partial charge in [-0.25, -0.2) is 9.82 Å². The van der Waals surface area contributed by atoms with E-state index in [9.17, 15) is 14.0 Å². The van der Waals surface area contributed by atoms with Crippen LogP contribution in [0.1, 0.15) is 34.0 Å². The Hall–Kier alpha value is -4.00. The fourth-order valence-electron chi connectivity index (χ4n) is 2.91. The van der Waals surface area contributed by atoms with Crippen LogP contribution in [0.25, 0.3) is 0 Å². The van der Waals surface area contributed by atoms with Gasteiger partial charge in [-0.2, -0.15) is 5.10 Å². The van der Waals surface area contributed by atoms with E-state index in [1.54, 1.807) is 37.3 Å². The lowest BCUT2D eigenvalue weighted by atomic mass is 10.1. The van der Waals surface area contributed by atoms with Crippen LogP contribution in [-0.4, -0.2) is 24.1 Å². The summed E-state index contributed by atoms with van der Waals surface area (Å²) in [7, 11) is 0. The van der Waals surface area contributed by atoms with E-state index >= 15 is 0 Å². The average Bonchev–Trinajstić information content (AvgIpc) is 2.78. The minimum Gasteiger partial charge on any atom is -0.483 e. The Labute approximate surface area is 186 Å². The van der Waals surface area contributed by atoms with Gasteiger partial charge in [0.25, 0.3) is 11.8 Å². The summed E-state index contributed by atoms with van der Waals surface area (Å²) in [6, 6.07) is 18.4. The number of anilines is 1. The second kappa shape index (κ2) is 10.3. The van der Waals surface area contributed by atoms with Crippen molar-refractivity contribution in [2.45, 2.75) is 20.8 Å². The smallest absolute Gasteiger partial charge is 0.277 e. The van der Waals surface area contributed by atoms with Gasteiger partial charge in [-0.15, -0.1) is 0 Å². The molecule has 3 aromatic rings. The first-order valence-corrected chi connectivity index (χ1v) is 10.0. The monoisotopic (exact) mass is 433 g/mol. The molecule has 0 bridgehead atoms. The maximum atomic E-state index is 13.8. The van der Waals surface area contributed by atoms with Crippen molar-refractivity contribution in [3.05, 3.63) is 94.8 Å². The molecule has 0 saturated heterocycles.